The Kier molecular flexibility index (Phi) is 5.48. The van der Waals surface area contributed by atoms with E-state index in [9.17, 15) is 0 Å². The number of benzene rings is 7. The molecule has 2 aliphatic rings. The van der Waals surface area contributed by atoms with Gasteiger partial charge in [0.05, 0.1) is 33.8 Å². The van der Waals surface area contributed by atoms with Gasteiger partial charge in [-0.15, -0.1) is 0 Å². The van der Waals surface area contributed by atoms with Gasteiger partial charge < -0.3 is 19.2 Å². The predicted octanol–water partition coefficient (Wildman–Crippen LogP) is 12.3. The summed E-state index contributed by atoms with van der Waals surface area (Å²) >= 11 is 0. The molecule has 7 aromatic carbocycles. The number of para-hydroxylation sites is 5. The first-order chi connectivity index (χ1) is 24.6. The molecular formula is C46H33N3O. The molecule has 1 N–H and O–H groups in total. The van der Waals surface area contributed by atoms with E-state index in [0.717, 1.165) is 44.7 Å². The summed E-state index contributed by atoms with van der Waals surface area (Å²) in [5.74, 6) is 0. The van der Waals surface area contributed by atoms with Crippen LogP contribution in [0.15, 0.2) is 156 Å². The van der Waals surface area contributed by atoms with Crippen LogP contribution in [0, 0.1) is 0 Å². The third-order valence-electron chi connectivity index (χ3n) is 11.2. The second kappa shape index (κ2) is 9.90. The lowest BCUT2D eigenvalue weighted by Gasteiger charge is -2.27. The van der Waals surface area contributed by atoms with Gasteiger partial charge in [0.1, 0.15) is 6.17 Å². The van der Waals surface area contributed by atoms with E-state index in [4.69, 9.17) is 4.42 Å². The van der Waals surface area contributed by atoms with Crippen LogP contribution in [0.3, 0.4) is 0 Å². The SMILES string of the molecule is CC1(C)c2ccccc2-c2cc3c4ccccc4n(-c4cccc5c4oc4c(N6c7ccccc7NC6c6ccccc6)cccc45)c3cc21. The van der Waals surface area contributed by atoms with Crippen LogP contribution < -0.4 is 10.2 Å². The van der Waals surface area contributed by atoms with Crippen LogP contribution in [0.25, 0.3) is 60.6 Å². The zero-order chi connectivity index (χ0) is 33.1. The standard InChI is InChI=1S/C46H33N3O/c1-46(2)35-20-8-6-16-29(35)33-26-34-30-17-7-10-22-38(30)48(42(34)27-36(33)46)40-24-12-18-31-32-19-13-25-41(44(32)50-43(31)40)49-39-23-11-9-21-37(39)47-45(49)28-14-4-3-5-15-28/h3-27,45,47H,1-2H3. The Bertz CT molecular complexity index is 2840. The number of hydrogen-bond acceptors (Lipinski definition) is 3. The van der Waals surface area contributed by atoms with E-state index < -0.39 is 0 Å². The van der Waals surface area contributed by atoms with E-state index in [1.54, 1.807) is 0 Å². The van der Waals surface area contributed by atoms with Gasteiger partial charge in [0, 0.05) is 27.0 Å². The smallest absolute Gasteiger partial charge is 0.159 e. The number of anilines is 3. The van der Waals surface area contributed by atoms with Gasteiger partial charge in [-0.1, -0.05) is 123 Å². The van der Waals surface area contributed by atoms with Crippen LogP contribution in [-0.2, 0) is 5.41 Å². The minimum absolute atomic E-state index is 0.0706. The number of aromatic nitrogens is 1. The van der Waals surface area contributed by atoms with E-state index in [-0.39, 0.29) is 11.6 Å². The Labute approximate surface area is 289 Å². The van der Waals surface area contributed by atoms with Crippen molar-refractivity contribution in [3.63, 3.8) is 0 Å². The Balaban J connectivity index is 1.18. The number of hydrogen-bond donors (Lipinski definition) is 1. The topological polar surface area (TPSA) is 33.3 Å². The molecule has 0 bridgehead atoms. The third kappa shape index (κ3) is 3.60. The van der Waals surface area contributed by atoms with E-state index >= 15 is 0 Å². The van der Waals surface area contributed by atoms with Crippen molar-refractivity contribution in [2.45, 2.75) is 25.4 Å². The largest absolute Gasteiger partial charge is 0.452 e. The van der Waals surface area contributed by atoms with Gasteiger partial charge in [0.2, 0.25) is 0 Å². The molecule has 9 aromatic rings. The van der Waals surface area contributed by atoms with Crippen LogP contribution in [0.2, 0.25) is 0 Å². The quantitative estimate of drug-likeness (QED) is 0.208. The maximum absolute atomic E-state index is 7.14. The fourth-order valence-electron chi connectivity index (χ4n) is 8.87. The molecule has 4 nitrogen and oxygen atoms in total. The van der Waals surface area contributed by atoms with Crippen molar-refractivity contribution in [1.29, 1.82) is 0 Å². The molecule has 0 fully saturated rings. The Hall–Kier alpha value is -6.26. The van der Waals surface area contributed by atoms with Gasteiger partial charge in [-0.2, -0.15) is 0 Å². The first-order valence-corrected chi connectivity index (χ1v) is 17.4. The van der Waals surface area contributed by atoms with Crippen LogP contribution in [-0.4, -0.2) is 4.57 Å². The zero-order valence-electron chi connectivity index (χ0n) is 27.8. The molecule has 0 saturated carbocycles. The fourth-order valence-corrected chi connectivity index (χ4v) is 8.87. The van der Waals surface area contributed by atoms with Crippen LogP contribution in [0.1, 0.15) is 36.7 Å². The molecule has 3 heterocycles. The Morgan fingerprint density at radius 2 is 1.18 bits per heavy atom. The summed E-state index contributed by atoms with van der Waals surface area (Å²) in [7, 11) is 0. The number of fused-ring (bicyclic) bond motifs is 10. The lowest BCUT2D eigenvalue weighted by atomic mass is 9.82. The van der Waals surface area contributed by atoms with Gasteiger partial charge in [0.25, 0.3) is 0 Å². The highest BCUT2D eigenvalue weighted by atomic mass is 16.3. The van der Waals surface area contributed by atoms with E-state index in [1.165, 1.54) is 49.6 Å². The molecule has 1 atom stereocenters. The highest BCUT2D eigenvalue weighted by molar-refractivity contribution is 6.15. The number of furan rings is 1. The summed E-state index contributed by atoms with van der Waals surface area (Å²) in [6, 6.07) is 54.9. The highest BCUT2D eigenvalue weighted by Gasteiger charge is 2.37. The summed E-state index contributed by atoms with van der Waals surface area (Å²) in [6.07, 6.45) is -0.0706. The molecule has 2 aromatic heterocycles. The van der Waals surface area contributed by atoms with Crippen LogP contribution >= 0.6 is 0 Å². The molecule has 0 saturated heterocycles. The van der Waals surface area contributed by atoms with E-state index in [2.05, 4.69) is 180 Å². The van der Waals surface area contributed by atoms with Crippen molar-refractivity contribution in [1.82, 2.24) is 4.57 Å². The molecule has 1 unspecified atom stereocenters. The molecule has 1 aliphatic heterocycles. The van der Waals surface area contributed by atoms with Gasteiger partial charge in [0.15, 0.2) is 11.2 Å². The number of rotatable bonds is 3. The van der Waals surface area contributed by atoms with Gasteiger partial charge in [-0.05, 0) is 70.3 Å². The second-order valence-electron chi connectivity index (χ2n) is 14.2. The predicted molar refractivity (Wildman–Crippen MR) is 207 cm³/mol. The van der Waals surface area contributed by atoms with Crippen molar-refractivity contribution in [2.24, 2.45) is 0 Å². The first-order valence-electron chi connectivity index (χ1n) is 17.4. The minimum atomic E-state index is -0.100. The summed E-state index contributed by atoms with van der Waals surface area (Å²) in [5.41, 5.74) is 15.0. The summed E-state index contributed by atoms with van der Waals surface area (Å²) in [5, 5.41) is 8.50. The van der Waals surface area contributed by atoms with E-state index in [1.807, 2.05) is 0 Å². The minimum Gasteiger partial charge on any atom is -0.452 e. The molecule has 11 rings (SSSR count). The molecule has 1 aliphatic carbocycles. The first kappa shape index (κ1) is 27.7. The average Bonchev–Trinajstić information content (AvgIpc) is 3.89. The van der Waals surface area contributed by atoms with Crippen LogP contribution in [0.5, 0.6) is 0 Å². The van der Waals surface area contributed by atoms with Crippen molar-refractivity contribution in [3.05, 3.63) is 168 Å². The lowest BCUT2D eigenvalue weighted by molar-refractivity contribution is 0.660. The molecule has 0 radical (unpaired) electrons. The molecular weight excluding hydrogens is 611 g/mol. The highest BCUT2D eigenvalue weighted by Crippen LogP contribution is 2.52. The summed E-state index contributed by atoms with van der Waals surface area (Å²) < 4.78 is 9.57. The number of nitrogens with one attached hydrogen (secondary N) is 1. The molecule has 0 spiro atoms. The van der Waals surface area contributed by atoms with Crippen LogP contribution in [0.4, 0.5) is 17.1 Å². The summed E-state index contributed by atoms with van der Waals surface area (Å²) in [4.78, 5) is 2.39. The van der Waals surface area contributed by atoms with Crippen molar-refractivity contribution >= 4 is 60.8 Å². The zero-order valence-corrected chi connectivity index (χ0v) is 27.8. The van der Waals surface area contributed by atoms with Crippen molar-refractivity contribution in [3.8, 4) is 16.8 Å². The normalized spacial score (nSPS) is 15.9. The molecule has 0 amide bonds. The summed E-state index contributed by atoms with van der Waals surface area (Å²) in [6.45, 7) is 4.71. The maximum Gasteiger partial charge on any atom is 0.159 e. The lowest BCUT2D eigenvalue weighted by Crippen LogP contribution is -2.23. The average molecular weight is 644 g/mol. The van der Waals surface area contributed by atoms with Crippen molar-refractivity contribution < 1.29 is 4.42 Å². The number of nitrogens with zero attached hydrogens (tertiary/aromatic N) is 2. The molecule has 50 heavy (non-hydrogen) atoms. The van der Waals surface area contributed by atoms with E-state index in [0.29, 0.717) is 0 Å². The molecule has 238 valence electrons. The third-order valence-corrected chi connectivity index (χ3v) is 11.2. The second-order valence-corrected chi connectivity index (χ2v) is 14.2. The van der Waals surface area contributed by atoms with Gasteiger partial charge >= 0.3 is 0 Å². The van der Waals surface area contributed by atoms with Crippen molar-refractivity contribution in [2.75, 3.05) is 10.2 Å². The Morgan fingerprint density at radius 3 is 2.04 bits per heavy atom. The fraction of sp³-hybridized carbons (Fsp3) is 0.0870. The molecule has 4 heteroatoms. The monoisotopic (exact) mass is 643 g/mol. The Morgan fingerprint density at radius 1 is 0.520 bits per heavy atom. The maximum atomic E-state index is 7.14. The van der Waals surface area contributed by atoms with Gasteiger partial charge in [-0.25, -0.2) is 0 Å². The van der Waals surface area contributed by atoms with Gasteiger partial charge in [-0.3, -0.25) is 0 Å².